The fourth-order valence-corrected chi connectivity index (χ4v) is 3.28. The van der Waals surface area contributed by atoms with E-state index in [0.717, 1.165) is 13.0 Å². The zero-order chi connectivity index (χ0) is 17.8. The average Bonchev–Trinajstić information content (AvgIpc) is 2.64. The molecule has 0 aliphatic carbocycles. The minimum Gasteiger partial charge on any atom is -0.322 e. The Morgan fingerprint density at radius 1 is 1.24 bits per heavy atom. The number of carbonyl (C=O) groups excluding carboxylic acids is 1. The van der Waals surface area contributed by atoms with Gasteiger partial charge in [0.05, 0.1) is 11.7 Å². The first-order valence-electron chi connectivity index (χ1n) is 8.29. The van der Waals surface area contributed by atoms with Crippen LogP contribution in [0.15, 0.2) is 59.1 Å². The summed E-state index contributed by atoms with van der Waals surface area (Å²) in [4.78, 5) is 14.5. The number of nitrogens with one attached hydrogen (secondary N) is 1. The van der Waals surface area contributed by atoms with Crippen molar-refractivity contribution in [2.75, 3.05) is 18.4 Å². The summed E-state index contributed by atoms with van der Waals surface area (Å²) in [5.74, 6) is -0.641. The minimum absolute atomic E-state index is 0.196. The second kappa shape index (κ2) is 7.93. The molecule has 0 aromatic heterocycles. The van der Waals surface area contributed by atoms with Crippen LogP contribution < -0.4 is 5.32 Å². The van der Waals surface area contributed by atoms with Crippen LogP contribution in [0.4, 0.5) is 10.1 Å². The van der Waals surface area contributed by atoms with Gasteiger partial charge >= 0.3 is 0 Å². The summed E-state index contributed by atoms with van der Waals surface area (Å²) in [6, 6.07) is 14.6. The van der Waals surface area contributed by atoms with Crippen LogP contribution in [0.1, 0.15) is 18.9 Å². The quantitative estimate of drug-likeness (QED) is 0.803. The second-order valence-corrected chi connectivity index (χ2v) is 7.05. The maximum absolute atomic E-state index is 13.9. The van der Waals surface area contributed by atoms with Crippen molar-refractivity contribution in [1.29, 1.82) is 0 Å². The molecule has 0 saturated carbocycles. The number of nitrogens with zero attached hydrogens (tertiary/aromatic N) is 1. The lowest BCUT2D eigenvalue weighted by Crippen LogP contribution is -2.44. The molecular formula is C20H20BrFN2O. The van der Waals surface area contributed by atoms with Crippen molar-refractivity contribution in [1.82, 2.24) is 4.90 Å². The third-order valence-corrected chi connectivity index (χ3v) is 4.99. The first-order chi connectivity index (χ1) is 12.0. The number of hydrogen-bond acceptors (Lipinski definition) is 2. The molecule has 0 fully saturated rings. The Hall–Kier alpha value is -1.98. The zero-order valence-corrected chi connectivity index (χ0v) is 15.6. The number of amides is 1. The lowest BCUT2D eigenvalue weighted by molar-refractivity contribution is -0.120. The summed E-state index contributed by atoms with van der Waals surface area (Å²) < 4.78 is 14.5. The largest absolute Gasteiger partial charge is 0.322 e. The van der Waals surface area contributed by atoms with Crippen LogP contribution in [-0.4, -0.2) is 29.9 Å². The van der Waals surface area contributed by atoms with E-state index in [4.69, 9.17) is 0 Å². The Morgan fingerprint density at radius 3 is 2.64 bits per heavy atom. The van der Waals surface area contributed by atoms with Gasteiger partial charge in [-0.25, -0.2) is 4.39 Å². The Morgan fingerprint density at radius 2 is 2.00 bits per heavy atom. The van der Waals surface area contributed by atoms with Gasteiger partial charge in [-0.3, -0.25) is 9.69 Å². The van der Waals surface area contributed by atoms with Crippen LogP contribution in [-0.2, 0) is 4.79 Å². The van der Waals surface area contributed by atoms with Gasteiger partial charge in [-0.15, -0.1) is 0 Å². The van der Waals surface area contributed by atoms with Crippen LogP contribution in [0.2, 0.25) is 0 Å². The normalized spacial score (nSPS) is 16.2. The zero-order valence-electron chi connectivity index (χ0n) is 14.0. The summed E-state index contributed by atoms with van der Waals surface area (Å²) in [5, 5.41) is 2.68. The predicted octanol–water partition coefficient (Wildman–Crippen LogP) is 4.70. The van der Waals surface area contributed by atoms with Crippen LogP contribution >= 0.6 is 15.9 Å². The van der Waals surface area contributed by atoms with Gasteiger partial charge in [0.2, 0.25) is 5.91 Å². The van der Waals surface area contributed by atoms with E-state index in [0.29, 0.717) is 11.0 Å². The third kappa shape index (κ3) is 4.35. The summed E-state index contributed by atoms with van der Waals surface area (Å²) in [7, 11) is 0. The first kappa shape index (κ1) is 17.8. The smallest absolute Gasteiger partial charge is 0.241 e. The van der Waals surface area contributed by atoms with Crippen molar-refractivity contribution in [3.8, 4) is 0 Å². The fraction of sp³-hybridized carbons (Fsp3) is 0.250. The molecule has 3 nitrogen and oxygen atoms in total. The molecule has 1 heterocycles. The summed E-state index contributed by atoms with van der Waals surface area (Å²) >= 11 is 3.21. The van der Waals surface area contributed by atoms with E-state index < -0.39 is 5.82 Å². The van der Waals surface area contributed by atoms with Crippen molar-refractivity contribution in [3.63, 3.8) is 0 Å². The predicted molar refractivity (Wildman–Crippen MR) is 103 cm³/mol. The van der Waals surface area contributed by atoms with Crippen LogP contribution in [0.5, 0.6) is 0 Å². The molecule has 1 amide bonds. The van der Waals surface area contributed by atoms with Gasteiger partial charge < -0.3 is 5.32 Å². The topological polar surface area (TPSA) is 32.3 Å². The molecule has 2 aromatic carbocycles. The monoisotopic (exact) mass is 402 g/mol. The van der Waals surface area contributed by atoms with Gasteiger partial charge in [0.15, 0.2) is 0 Å². The van der Waals surface area contributed by atoms with E-state index in [1.807, 2.05) is 25.1 Å². The Kier molecular flexibility index (Phi) is 5.66. The SMILES string of the molecule is C[C@@H](C(=O)Nc1ccc(Br)cc1F)N1CC=C(c2ccccc2)CC1. The summed E-state index contributed by atoms with van der Waals surface area (Å²) in [6.45, 7) is 3.37. The lowest BCUT2D eigenvalue weighted by Gasteiger charge is -2.31. The molecule has 2 aromatic rings. The highest BCUT2D eigenvalue weighted by atomic mass is 79.9. The van der Waals surface area contributed by atoms with Crippen LogP contribution in [0.25, 0.3) is 5.57 Å². The molecule has 130 valence electrons. The van der Waals surface area contributed by atoms with Crippen molar-refractivity contribution in [2.45, 2.75) is 19.4 Å². The molecule has 25 heavy (non-hydrogen) atoms. The molecule has 3 rings (SSSR count). The lowest BCUT2D eigenvalue weighted by atomic mass is 9.99. The second-order valence-electron chi connectivity index (χ2n) is 6.13. The molecule has 1 aliphatic rings. The summed E-state index contributed by atoms with van der Waals surface area (Å²) in [5.41, 5.74) is 2.75. The van der Waals surface area contributed by atoms with Crippen molar-refractivity contribution < 1.29 is 9.18 Å². The van der Waals surface area contributed by atoms with Crippen LogP contribution in [0, 0.1) is 5.82 Å². The number of anilines is 1. The molecule has 1 aliphatic heterocycles. The third-order valence-electron chi connectivity index (χ3n) is 4.50. The molecule has 0 spiro atoms. The Labute approximate surface area is 155 Å². The highest BCUT2D eigenvalue weighted by molar-refractivity contribution is 9.10. The van der Waals surface area contributed by atoms with E-state index >= 15 is 0 Å². The molecule has 0 saturated heterocycles. The van der Waals surface area contributed by atoms with E-state index in [2.05, 4.69) is 44.4 Å². The number of halogens is 2. The molecule has 0 radical (unpaired) electrons. The first-order valence-corrected chi connectivity index (χ1v) is 9.08. The number of hydrogen-bond donors (Lipinski definition) is 1. The minimum atomic E-state index is -0.445. The van der Waals surface area contributed by atoms with Crippen molar-refractivity contribution in [2.24, 2.45) is 0 Å². The van der Waals surface area contributed by atoms with Gasteiger partial charge in [-0.1, -0.05) is 52.3 Å². The van der Waals surface area contributed by atoms with Crippen LogP contribution in [0.3, 0.4) is 0 Å². The van der Waals surface area contributed by atoms with E-state index in [1.54, 1.807) is 12.1 Å². The highest BCUT2D eigenvalue weighted by Crippen LogP contribution is 2.24. The fourth-order valence-electron chi connectivity index (χ4n) is 2.94. The Balaban J connectivity index is 1.63. The number of rotatable bonds is 4. The molecule has 1 atom stereocenters. The van der Waals surface area contributed by atoms with E-state index in [-0.39, 0.29) is 17.6 Å². The van der Waals surface area contributed by atoms with Gasteiger partial charge in [0.25, 0.3) is 0 Å². The standard InChI is InChI=1S/C20H20BrFN2O/c1-14(20(25)23-19-8-7-17(21)13-18(19)22)24-11-9-16(10-12-24)15-5-3-2-4-6-15/h2-9,13-14H,10-12H2,1H3,(H,23,25)/t14-/m0/s1. The van der Waals surface area contributed by atoms with Gasteiger partial charge in [-0.2, -0.15) is 0 Å². The molecule has 1 N–H and O–H groups in total. The highest BCUT2D eigenvalue weighted by Gasteiger charge is 2.24. The van der Waals surface area contributed by atoms with E-state index in [9.17, 15) is 9.18 Å². The molecular weight excluding hydrogens is 383 g/mol. The van der Waals surface area contributed by atoms with E-state index in [1.165, 1.54) is 17.2 Å². The summed E-state index contributed by atoms with van der Waals surface area (Å²) in [6.07, 6.45) is 3.07. The number of benzene rings is 2. The Bertz CT molecular complexity index is 792. The van der Waals surface area contributed by atoms with Crippen molar-refractivity contribution in [3.05, 3.63) is 70.5 Å². The maximum atomic E-state index is 13.9. The molecule has 0 unspecified atom stereocenters. The average molecular weight is 403 g/mol. The van der Waals surface area contributed by atoms with Crippen molar-refractivity contribution >= 4 is 33.1 Å². The van der Waals surface area contributed by atoms with Gasteiger partial charge in [0.1, 0.15) is 5.82 Å². The van der Waals surface area contributed by atoms with Gasteiger partial charge in [0, 0.05) is 17.6 Å². The number of carbonyl (C=O) groups is 1. The molecule has 5 heteroatoms. The maximum Gasteiger partial charge on any atom is 0.241 e. The van der Waals surface area contributed by atoms with Gasteiger partial charge in [-0.05, 0) is 42.7 Å². The molecule has 0 bridgehead atoms.